The first kappa shape index (κ1) is 21.1. The van der Waals surface area contributed by atoms with Crippen molar-refractivity contribution in [2.75, 3.05) is 19.0 Å². The molecule has 0 saturated carbocycles. The number of nitrogens with zero attached hydrogens (tertiary/aromatic N) is 2. The van der Waals surface area contributed by atoms with Crippen LogP contribution in [0.1, 0.15) is 30.4 Å². The van der Waals surface area contributed by atoms with Crippen LogP contribution in [0, 0.1) is 5.92 Å². The Morgan fingerprint density at radius 1 is 1.34 bits per heavy atom. The number of ether oxygens (including phenoxy) is 2. The van der Waals surface area contributed by atoms with E-state index in [9.17, 15) is 19.8 Å². The first-order valence-electron chi connectivity index (χ1n) is 9.29. The lowest BCUT2D eigenvalue weighted by molar-refractivity contribution is -0.153. The number of aromatic nitrogens is 2. The molecule has 156 valence electrons. The zero-order chi connectivity index (χ0) is 21.2. The smallest absolute Gasteiger partial charge is 0.351 e. The Morgan fingerprint density at radius 3 is 2.59 bits per heavy atom. The second-order valence-corrected chi connectivity index (χ2v) is 7.24. The van der Waals surface area contributed by atoms with Gasteiger partial charge in [0.15, 0.2) is 6.23 Å². The summed E-state index contributed by atoms with van der Waals surface area (Å²) in [6, 6.07) is 10.0. The zero-order valence-electron chi connectivity index (χ0n) is 16.5. The van der Waals surface area contributed by atoms with E-state index < -0.39 is 42.2 Å². The van der Waals surface area contributed by atoms with Gasteiger partial charge in [-0.1, -0.05) is 32.0 Å². The van der Waals surface area contributed by atoms with Gasteiger partial charge in [-0.2, -0.15) is 4.98 Å². The largest absolute Gasteiger partial charge is 0.393 e. The Kier molecular flexibility index (Phi) is 6.13. The van der Waals surface area contributed by atoms with Crippen LogP contribution in [-0.4, -0.2) is 57.2 Å². The summed E-state index contributed by atoms with van der Waals surface area (Å²) in [6.07, 6.45) is -1.60. The molecular weight excluding hydrogens is 378 g/mol. The Morgan fingerprint density at radius 2 is 2.03 bits per heavy atom. The minimum Gasteiger partial charge on any atom is -0.393 e. The summed E-state index contributed by atoms with van der Waals surface area (Å²) in [5.74, 6) is -0.542. The molecule has 0 aliphatic carbocycles. The highest BCUT2D eigenvalue weighted by Crippen LogP contribution is 2.42. The lowest BCUT2D eigenvalue weighted by Gasteiger charge is -2.34. The molecule has 0 radical (unpaired) electrons. The first-order chi connectivity index (χ1) is 13.8. The van der Waals surface area contributed by atoms with Crippen molar-refractivity contribution in [1.82, 2.24) is 9.55 Å². The number of rotatable bonds is 6. The summed E-state index contributed by atoms with van der Waals surface area (Å²) >= 11 is 0. The summed E-state index contributed by atoms with van der Waals surface area (Å²) in [5.41, 5.74) is -1.53. The molecule has 1 aromatic carbocycles. The second-order valence-electron chi connectivity index (χ2n) is 7.24. The van der Waals surface area contributed by atoms with E-state index in [2.05, 4.69) is 10.3 Å². The molecule has 3 rings (SSSR count). The van der Waals surface area contributed by atoms with Crippen LogP contribution in [0.4, 0.5) is 5.82 Å². The molecule has 1 fully saturated rings. The molecule has 29 heavy (non-hydrogen) atoms. The van der Waals surface area contributed by atoms with Gasteiger partial charge in [0.1, 0.15) is 23.6 Å². The normalized spacial score (nSPS) is 26.6. The summed E-state index contributed by atoms with van der Waals surface area (Å²) in [6.45, 7) is 3.17. The topological polar surface area (TPSA) is 123 Å². The first-order valence-corrected chi connectivity index (χ1v) is 9.29. The van der Waals surface area contributed by atoms with Gasteiger partial charge in [-0.15, -0.1) is 0 Å². The number of hydrogen-bond acceptors (Lipinski definition) is 7. The molecule has 2 heterocycles. The highest BCUT2D eigenvalue weighted by atomic mass is 16.6. The predicted molar refractivity (Wildman–Crippen MR) is 104 cm³/mol. The van der Waals surface area contributed by atoms with Gasteiger partial charge in [0, 0.05) is 18.9 Å². The van der Waals surface area contributed by atoms with Gasteiger partial charge in [0.25, 0.3) is 5.91 Å². The maximum absolute atomic E-state index is 12.6. The number of aliphatic hydroxyl groups is 2. The van der Waals surface area contributed by atoms with Gasteiger partial charge < -0.3 is 25.0 Å². The maximum atomic E-state index is 12.6. The molecule has 3 N–H and O–H groups in total. The standard InChI is InChI=1S/C20H25N3O6/c1-12(2)20(11-24)16(25)15(28-3)18(29-20)23-10-9-14(22-19(23)27)21-17(26)13-7-5-4-6-8-13/h4-10,12,15-16,18,24-25H,11H2,1-3H3,(H,21,22,26,27)/t15-,16+,18-,20+/m1/s1. The van der Waals surface area contributed by atoms with Crippen molar-refractivity contribution in [3.63, 3.8) is 0 Å². The van der Waals surface area contributed by atoms with Crippen LogP contribution in [0.3, 0.4) is 0 Å². The molecular formula is C20H25N3O6. The minimum absolute atomic E-state index is 0.0879. The van der Waals surface area contributed by atoms with E-state index in [1.54, 1.807) is 44.2 Å². The number of anilines is 1. The molecule has 0 spiro atoms. The van der Waals surface area contributed by atoms with Crippen LogP contribution in [0.5, 0.6) is 0 Å². The van der Waals surface area contributed by atoms with E-state index in [0.29, 0.717) is 5.56 Å². The fraction of sp³-hybridized carbons (Fsp3) is 0.450. The van der Waals surface area contributed by atoms with E-state index in [-0.39, 0.29) is 11.7 Å². The number of methoxy groups -OCH3 is 1. The lowest BCUT2D eigenvalue weighted by atomic mass is 9.85. The van der Waals surface area contributed by atoms with Gasteiger partial charge in [0.2, 0.25) is 0 Å². The van der Waals surface area contributed by atoms with Crippen molar-refractivity contribution in [1.29, 1.82) is 0 Å². The highest BCUT2D eigenvalue weighted by molar-refractivity contribution is 6.03. The number of benzene rings is 1. The van der Waals surface area contributed by atoms with Crippen molar-refractivity contribution in [3.05, 3.63) is 58.6 Å². The Bertz CT molecular complexity index is 916. The fourth-order valence-corrected chi connectivity index (χ4v) is 3.50. The third-order valence-electron chi connectivity index (χ3n) is 5.31. The van der Waals surface area contributed by atoms with Gasteiger partial charge >= 0.3 is 5.69 Å². The molecule has 1 aliphatic heterocycles. The quantitative estimate of drug-likeness (QED) is 0.651. The van der Waals surface area contributed by atoms with Crippen molar-refractivity contribution in [2.24, 2.45) is 5.92 Å². The maximum Gasteiger partial charge on any atom is 0.351 e. The van der Waals surface area contributed by atoms with Crippen molar-refractivity contribution in [3.8, 4) is 0 Å². The average Bonchev–Trinajstić information content (AvgIpc) is 3.01. The van der Waals surface area contributed by atoms with Crippen LogP contribution in [0.25, 0.3) is 0 Å². The van der Waals surface area contributed by atoms with Gasteiger partial charge in [-0.05, 0) is 24.1 Å². The number of carbonyl (C=O) groups is 1. The Balaban J connectivity index is 1.86. The van der Waals surface area contributed by atoms with Crippen LogP contribution < -0.4 is 11.0 Å². The molecule has 2 aromatic rings. The molecule has 4 atom stereocenters. The number of nitrogens with one attached hydrogen (secondary N) is 1. The van der Waals surface area contributed by atoms with Crippen molar-refractivity contribution < 1.29 is 24.5 Å². The third kappa shape index (κ3) is 3.82. The molecule has 1 aliphatic rings. The third-order valence-corrected chi connectivity index (χ3v) is 5.31. The van der Waals surface area contributed by atoms with Crippen LogP contribution in [-0.2, 0) is 9.47 Å². The van der Waals surface area contributed by atoms with E-state index in [1.165, 1.54) is 23.9 Å². The number of hydrogen-bond donors (Lipinski definition) is 3. The summed E-state index contributed by atoms with van der Waals surface area (Å²) in [4.78, 5) is 28.7. The van der Waals surface area contributed by atoms with E-state index in [0.717, 1.165) is 0 Å². The van der Waals surface area contributed by atoms with Crippen LogP contribution in [0.15, 0.2) is 47.4 Å². The molecule has 0 unspecified atom stereocenters. The van der Waals surface area contributed by atoms with Gasteiger partial charge in [0.05, 0.1) is 6.61 Å². The van der Waals surface area contributed by atoms with E-state index in [4.69, 9.17) is 9.47 Å². The number of aliphatic hydroxyl groups excluding tert-OH is 2. The van der Waals surface area contributed by atoms with Gasteiger partial charge in [-0.25, -0.2) is 4.79 Å². The van der Waals surface area contributed by atoms with E-state index in [1.807, 2.05) is 0 Å². The number of amides is 1. The second kappa shape index (κ2) is 8.42. The van der Waals surface area contributed by atoms with Crippen molar-refractivity contribution >= 4 is 11.7 Å². The molecule has 1 aromatic heterocycles. The molecule has 1 amide bonds. The fourth-order valence-electron chi connectivity index (χ4n) is 3.50. The summed E-state index contributed by atoms with van der Waals surface area (Å²) in [5, 5.41) is 23.1. The summed E-state index contributed by atoms with van der Waals surface area (Å²) < 4.78 is 12.5. The SMILES string of the molecule is CO[C@H]1[C@H](n2ccc(NC(=O)c3ccccc3)nc2=O)O[C@@](CO)(C(C)C)[C@H]1O. The summed E-state index contributed by atoms with van der Waals surface area (Å²) in [7, 11) is 1.39. The Labute approximate surface area is 167 Å². The predicted octanol–water partition coefficient (Wildman–Crippen LogP) is 0.787. The molecule has 1 saturated heterocycles. The minimum atomic E-state index is -1.27. The highest BCUT2D eigenvalue weighted by Gasteiger charge is 2.57. The van der Waals surface area contributed by atoms with Gasteiger partial charge in [-0.3, -0.25) is 9.36 Å². The Hall–Kier alpha value is -2.59. The molecule has 9 nitrogen and oxygen atoms in total. The number of carbonyl (C=O) groups excluding carboxylic acids is 1. The van der Waals surface area contributed by atoms with Crippen molar-refractivity contribution in [2.45, 2.75) is 37.9 Å². The zero-order valence-corrected chi connectivity index (χ0v) is 16.5. The van der Waals surface area contributed by atoms with E-state index >= 15 is 0 Å². The van der Waals surface area contributed by atoms with Crippen LogP contribution >= 0.6 is 0 Å². The average molecular weight is 403 g/mol. The molecule has 0 bridgehead atoms. The lowest BCUT2D eigenvalue weighted by Crippen LogP contribution is -2.50. The monoisotopic (exact) mass is 403 g/mol. The molecule has 9 heteroatoms. The van der Waals surface area contributed by atoms with Crippen LogP contribution in [0.2, 0.25) is 0 Å².